The topological polar surface area (TPSA) is 67.1 Å². The minimum Gasteiger partial charge on any atom is -0.367 e. The number of benzene rings is 1. The van der Waals surface area contributed by atoms with E-state index in [1.807, 2.05) is 12.3 Å². The summed E-state index contributed by atoms with van der Waals surface area (Å²) in [7, 11) is 0. The summed E-state index contributed by atoms with van der Waals surface area (Å²) in [6.07, 6.45) is 11.8. The first-order chi connectivity index (χ1) is 18.8. The molecule has 0 atom stereocenters. The molecule has 0 amide bonds. The van der Waals surface area contributed by atoms with Gasteiger partial charge in [0.1, 0.15) is 11.5 Å². The van der Waals surface area contributed by atoms with Crippen LogP contribution in [-0.2, 0) is 0 Å². The molecule has 0 unspecified atom stereocenters. The normalized spacial score (nSPS) is 16.4. The maximum Gasteiger partial charge on any atom is 0.223 e. The van der Waals surface area contributed by atoms with Crippen molar-refractivity contribution in [1.82, 2.24) is 19.6 Å². The van der Waals surface area contributed by atoms with Gasteiger partial charge >= 0.3 is 0 Å². The lowest BCUT2D eigenvalue weighted by Gasteiger charge is -2.14. The number of nitrogens with zero attached hydrogens (tertiary/aromatic N) is 4. The zero-order valence-corrected chi connectivity index (χ0v) is 22.3. The molecule has 4 aromatic heterocycles. The van der Waals surface area contributed by atoms with Crippen molar-refractivity contribution in [2.24, 2.45) is 0 Å². The maximum atomic E-state index is 5.23. The fourth-order valence-corrected chi connectivity index (χ4v) is 6.72. The molecule has 192 valence electrons. The highest BCUT2D eigenvalue weighted by molar-refractivity contribution is 7.13. The number of pyridine rings is 1. The van der Waals surface area contributed by atoms with Crippen LogP contribution in [0.3, 0.4) is 0 Å². The predicted molar refractivity (Wildman–Crippen MR) is 157 cm³/mol. The first-order valence-corrected chi connectivity index (χ1v) is 14.7. The first-order valence-electron chi connectivity index (χ1n) is 13.8. The van der Waals surface area contributed by atoms with Gasteiger partial charge in [0.2, 0.25) is 5.95 Å². The zero-order chi connectivity index (χ0) is 25.3. The second-order valence-electron chi connectivity index (χ2n) is 10.5. The summed E-state index contributed by atoms with van der Waals surface area (Å²) in [5.74, 6) is 1.74. The lowest BCUT2D eigenvalue weighted by molar-refractivity contribution is 0.742. The molecule has 4 heterocycles. The van der Waals surface area contributed by atoms with Crippen LogP contribution in [0.2, 0.25) is 0 Å². The third-order valence-electron chi connectivity index (χ3n) is 7.91. The number of hydrogen-bond acceptors (Lipinski definition) is 6. The molecule has 0 aliphatic heterocycles. The molecule has 2 aliphatic carbocycles. The van der Waals surface area contributed by atoms with Crippen LogP contribution in [0, 0.1) is 0 Å². The van der Waals surface area contributed by atoms with Gasteiger partial charge in [0.05, 0.1) is 16.8 Å². The van der Waals surface area contributed by atoms with Crippen LogP contribution >= 0.6 is 11.3 Å². The Hall–Kier alpha value is -3.71. The van der Waals surface area contributed by atoms with E-state index in [9.17, 15) is 0 Å². The Balaban J connectivity index is 1.37. The van der Waals surface area contributed by atoms with Crippen molar-refractivity contribution in [1.29, 1.82) is 0 Å². The number of nitrogens with one attached hydrogen (secondary N) is 2. The van der Waals surface area contributed by atoms with E-state index in [1.165, 1.54) is 61.8 Å². The second kappa shape index (κ2) is 10.2. The van der Waals surface area contributed by atoms with Gasteiger partial charge in [-0.25, -0.2) is 14.5 Å². The number of anilines is 2. The van der Waals surface area contributed by atoms with Gasteiger partial charge in [-0.15, -0.1) is 11.3 Å². The summed E-state index contributed by atoms with van der Waals surface area (Å²) in [5, 5.41) is 14.7. The fourth-order valence-electron chi connectivity index (χ4n) is 6.00. The summed E-state index contributed by atoms with van der Waals surface area (Å²) in [4.78, 5) is 10.9. The summed E-state index contributed by atoms with van der Waals surface area (Å²) in [6, 6.07) is 22.4. The quantitative estimate of drug-likeness (QED) is 0.228. The Bertz CT molecular complexity index is 1540. The van der Waals surface area contributed by atoms with Gasteiger partial charge in [0.15, 0.2) is 0 Å². The van der Waals surface area contributed by atoms with Crippen molar-refractivity contribution >= 4 is 28.6 Å². The summed E-state index contributed by atoms with van der Waals surface area (Å²) in [6.45, 7) is 0. The van der Waals surface area contributed by atoms with Crippen molar-refractivity contribution in [3.05, 3.63) is 72.2 Å². The highest BCUT2D eigenvalue weighted by Crippen LogP contribution is 2.38. The van der Waals surface area contributed by atoms with Crippen LogP contribution in [0.4, 0.5) is 11.8 Å². The number of hydrogen-bond donors (Lipinski definition) is 2. The number of fused-ring (bicyclic) bond motifs is 1. The van der Waals surface area contributed by atoms with Crippen LogP contribution < -0.4 is 10.6 Å². The first kappa shape index (κ1) is 23.4. The molecule has 0 spiro atoms. The van der Waals surface area contributed by atoms with Crippen molar-refractivity contribution in [2.75, 3.05) is 10.6 Å². The van der Waals surface area contributed by atoms with E-state index in [1.54, 1.807) is 11.3 Å². The molecule has 38 heavy (non-hydrogen) atoms. The minimum absolute atomic E-state index is 0.457. The molecule has 7 rings (SSSR count). The molecule has 2 fully saturated rings. The molecule has 5 aromatic rings. The molecule has 1 aromatic carbocycles. The standard InChI is InChI=1S/C31H32N6S/c1-2-11-23(10-1)33-28-16-6-14-26-29(25-17-18-32-31(35-25)34-24-12-3-4-13-24)30(36-37(26)28)22-9-5-8-21(20-22)27-15-7-19-38-27/h5-9,14-20,23-24,33H,1-4,10-13H2,(H,32,34,35). The van der Waals surface area contributed by atoms with E-state index < -0.39 is 0 Å². The van der Waals surface area contributed by atoms with E-state index in [4.69, 9.17) is 10.1 Å². The molecular formula is C31H32N6S. The lowest BCUT2D eigenvalue weighted by atomic mass is 10.0. The average Bonchev–Trinajstić information content (AvgIpc) is 3.77. The van der Waals surface area contributed by atoms with Crippen LogP contribution in [0.5, 0.6) is 0 Å². The third kappa shape index (κ3) is 4.56. The van der Waals surface area contributed by atoms with Crippen molar-refractivity contribution in [2.45, 2.75) is 63.5 Å². The van der Waals surface area contributed by atoms with E-state index in [-0.39, 0.29) is 0 Å². The Kier molecular flexibility index (Phi) is 6.29. The highest BCUT2D eigenvalue weighted by Gasteiger charge is 2.23. The van der Waals surface area contributed by atoms with Crippen LogP contribution in [-0.4, -0.2) is 31.7 Å². The largest absolute Gasteiger partial charge is 0.367 e. The van der Waals surface area contributed by atoms with Gasteiger partial charge < -0.3 is 10.6 Å². The highest BCUT2D eigenvalue weighted by atomic mass is 32.1. The van der Waals surface area contributed by atoms with Gasteiger partial charge in [-0.05, 0) is 67.0 Å². The number of thiophene rings is 1. The van der Waals surface area contributed by atoms with Crippen molar-refractivity contribution in [3.63, 3.8) is 0 Å². The SMILES string of the molecule is c1cc(-c2cccs2)cc(-c2nn3c(NC4CCCC4)cccc3c2-c2ccnc(NC3CCCC3)n2)c1. The van der Waals surface area contributed by atoms with Gasteiger partial charge in [0, 0.05) is 28.7 Å². The average molecular weight is 521 g/mol. The monoisotopic (exact) mass is 520 g/mol. The van der Waals surface area contributed by atoms with Gasteiger partial charge in [0.25, 0.3) is 0 Å². The van der Waals surface area contributed by atoms with Gasteiger partial charge in [-0.1, -0.05) is 56.0 Å². The Morgan fingerprint density at radius 1 is 0.789 bits per heavy atom. The molecular weight excluding hydrogens is 488 g/mol. The molecule has 0 radical (unpaired) electrons. The Morgan fingerprint density at radius 3 is 2.34 bits per heavy atom. The smallest absolute Gasteiger partial charge is 0.223 e. The van der Waals surface area contributed by atoms with Crippen molar-refractivity contribution < 1.29 is 0 Å². The maximum absolute atomic E-state index is 5.23. The minimum atomic E-state index is 0.457. The van der Waals surface area contributed by atoms with E-state index in [0.717, 1.165) is 33.8 Å². The van der Waals surface area contributed by atoms with E-state index in [0.29, 0.717) is 18.0 Å². The van der Waals surface area contributed by atoms with Crippen LogP contribution in [0.25, 0.3) is 38.5 Å². The summed E-state index contributed by atoms with van der Waals surface area (Å²) >= 11 is 1.76. The van der Waals surface area contributed by atoms with Gasteiger partial charge in [-0.2, -0.15) is 5.10 Å². The molecule has 6 nitrogen and oxygen atoms in total. The molecule has 2 saturated carbocycles. The van der Waals surface area contributed by atoms with Crippen LogP contribution in [0.15, 0.2) is 72.2 Å². The lowest BCUT2D eigenvalue weighted by Crippen LogP contribution is -2.17. The summed E-state index contributed by atoms with van der Waals surface area (Å²) < 4.78 is 2.08. The number of rotatable bonds is 7. The third-order valence-corrected chi connectivity index (χ3v) is 8.83. The second-order valence-corrected chi connectivity index (χ2v) is 11.5. The fraction of sp³-hybridized carbons (Fsp3) is 0.323. The molecule has 7 heteroatoms. The molecule has 0 bridgehead atoms. The molecule has 2 N–H and O–H groups in total. The molecule has 2 aliphatic rings. The number of aromatic nitrogens is 4. The summed E-state index contributed by atoms with van der Waals surface area (Å²) in [5.41, 5.74) is 6.22. The predicted octanol–water partition coefficient (Wildman–Crippen LogP) is 7.90. The van der Waals surface area contributed by atoms with Crippen LogP contribution in [0.1, 0.15) is 51.4 Å². The molecule has 0 saturated heterocycles. The Labute approximate surface area is 227 Å². The van der Waals surface area contributed by atoms with Crippen molar-refractivity contribution in [3.8, 4) is 33.0 Å². The van der Waals surface area contributed by atoms with E-state index in [2.05, 4.69) is 80.1 Å². The van der Waals surface area contributed by atoms with Gasteiger partial charge in [-0.3, -0.25) is 0 Å². The van der Waals surface area contributed by atoms with E-state index >= 15 is 0 Å². The Morgan fingerprint density at radius 2 is 1.55 bits per heavy atom. The zero-order valence-electron chi connectivity index (χ0n) is 21.4.